The number of carbonyl (C=O) groups is 1. The fraction of sp³-hybridized carbons (Fsp3) is 0.176. The average Bonchev–Trinajstić information content (AvgIpc) is 3.04. The zero-order valence-corrected chi connectivity index (χ0v) is 15.7. The van der Waals surface area contributed by atoms with Crippen LogP contribution in [0.1, 0.15) is 6.92 Å². The Morgan fingerprint density at radius 1 is 1.27 bits per heavy atom. The van der Waals surface area contributed by atoms with E-state index in [9.17, 15) is 14.9 Å². The van der Waals surface area contributed by atoms with E-state index in [4.69, 9.17) is 0 Å². The first-order valence-corrected chi connectivity index (χ1v) is 9.77. The Balaban J connectivity index is 1.69. The quantitative estimate of drug-likeness (QED) is 0.370. The molecule has 0 fully saturated rings. The molecule has 134 valence electrons. The van der Waals surface area contributed by atoms with E-state index >= 15 is 0 Å². The molecule has 3 aromatic rings. The van der Waals surface area contributed by atoms with Gasteiger partial charge in [0.2, 0.25) is 5.91 Å². The number of anilines is 2. The minimum absolute atomic E-state index is 0.0661. The van der Waals surface area contributed by atoms with Crippen LogP contribution in [0.4, 0.5) is 17.1 Å². The second-order valence-electron chi connectivity index (χ2n) is 5.53. The fourth-order valence-electron chi connectivity index (χ4n) is 2.34. The lowest BCUT2D eigenvalue weighted by Gasteiger charge is -2.15. The Morgan fingerprint density at radius 3 is 2.81 bits per heavy atom. The summed E-state index contributed by atoms with van der Waals surface area (Å²) in [5.41, 5.74) is 2.07. The largest absolute Gasteiger partial charge is 0.374 e. The van der Waals surface area contributed by atoms with Crippen molar-refractivity contribution in [2.75, 3.05) is 16.9 Å². The number of hydrogen-bond acceptors (Lipinski definition) is 7. The first-order valence-electron chi connectivity index (χ1n) is 7.72. The molecule has 0 bridgehead atoms. The lowest BCUT2D eigenvalue weighted by Crippen LogP contribution is -2.31. The van der Waals surface area contributed by atoms with E-state index in [0.717, 1.165) is 20.2 Å². The van der Waals surface area contributed by atoms with Gasteiger partial charge in [-0.25, -0.2) is 4.98 Å². The van der Waals surface area contributed by atoms with Crippen molar-refractivity contribution in [1.82, 2.24) is 4.98 Å². The van der Waals surface area contributed by atoms with Crippen molar-refractivity contribution in [2.24, 2.45) is 0 Å². The molecule has 0 unspecified atom stereocenters. The Bertz CT molecular complexity index is 974. The highest BCUT2D eigenvalue weighted by Crippen LogP contribution is 2.30. The Hall–Kier alpha value is -2.65. The number of carbonyl (C=O) groups excluding carboxylic acids is 1. The number of thioether (sulfide) groups is 1. The van der Waals surface area contributed by atoms with E-state index in [0.29, 0.717) is 5.69 Å². The molecule has 26 heavy (non-hydrogen) atoms. The molecule has 7 nitrogen and oxygen atoms in total. The van der Waals surface area contributed by atoms with Crippen LogP contribution >= 0.6 is 23.1 Å². The molecule has 0 aliphatic heterocycles. The van der Waals surface area contributed by atoms with Crippen LogP contribution in [-0.4, -0.2) is 28.1 Å². The van der Waals surface area contributed by atoms with Crippen LogP contribution in [0.2, 0.25) is 0 Å². The maximum absolute atomic E-state index is 12.4. The molecular formula is C17H16N4O3S2. The summed E-state index contributed by atoms with van der Waals surface area (Å²) in [6, 6.07) is 11.1. The van der Waals surface area contributed by atoms with Gasteiger partial charge >= 0.3 is 0 Å². The number of nitrogens with zero attached hydrogens (tertiary/aromatic N) is 2. The molecule has 0 radical (unpaired) electrons. The van der Waals surface area contributed by atoms with Gasteiger partial charge in [-0.2, -0.15) is 0 Å². The molecule has 3 rings (SSSR count). The molecule has 9 heteroatoms. The molecule has 1 aromatic heterocycles. The van der Waals surface area contributed by atoms with Gasteiger partial charge in [-0.3, -0.25) is 14.9 Å². The number of rotatable bonds is 6. The molecular weight excluding hydrogens is 372 g/mol. The highest BCUT2D eigenvalue weighted by atomic mass is 32.2. The molecule has 2 aromatic carbocycles. The molecule has 0 spiro atoms. The van der Waals surface area contributed by atoms with Gasteiger partial charge < -0.3 is 10.6 Å². The number of hydrogen-bond donors (Lipinski definition) is 2. The average molecular weight is 388 g/mol. The summed E-state index contributed by atoms with van der Waals surface area (Å²) in [6.45, 7) is 1.73. The minimum Gasteiger partial charge on any atom is -0.374 e. The van der Waals surface area contributed by atoms with Gasteiger partial charge in [-0.1, -0.05) is 17.8 Å². The molecule has 0 saturated heterocycles. The van der Waals surface area contributed by atoms with E-state index in [1.54, 1.807) is 36.1 Å². The predicted octanol–water partition coefficient (Wildman–Crippen LogP) is 4.37. The summed E-state index contributed by atoms with van der Waals surface area (Å²) in [7, 11) is 0. The number of non-ortho nitro benzene ring substituents is 1. The van der Waals surface area contributed by atoms with Crippen LogP contribution in [0.5, 0.6) is 0 Å². The number of thiazole rings is 1. The zero-order chi connectivity index (χ0) is 18.7. The fourth-order valence-corrected chi connectivity index (χ4v) is 3.87. The van der Waals surface area contributed by atoms with Gasteiger partial charge in [0.05, 0.1) is 15.1 Å². The van der Waals surface area contributed by atoms with Crippen molar-refractivity contribution in [3.8, 4) is 0 Å². The molecule has 0 aliphatic carbocycles. The van der Waals surface area contributed by atoms with Crippen LogP contribution < -0.4 is 10.6 Å². The number of amides is 1. The number of nitro groups is 1. The van der Waals surface area contributed by atoms with Crippen LogP contribution in [0.15, 0.2) is 46.8 Å². The van der Waals surface area contributed by atoms with Crippen molar-refractivity contribution in [3.05, 3.63) is 52.6 Å². The summed E-state index contributed by atoms with van der Waals surface area (Å²) < 4.78 is 2.04. The number of fused-ring (bicyclic) bond motifs is 1. The van der Waals surface area contributed by atoms with E-state index < -0.39 is 11.0 Å². The normalized spacial score (nSPS) is 11.9. The van der Waals surface area contributed by atoms with Crippen LogP contribution in [0.3, 0.4) is 0 Å². The van der Waals surface area contributed by atoms with Gasteiger partial charge in [0.15, 0.2) is 4.34 Å². The summed E-state index contributed by atoms with van der Waals surface area (Å²) in [4.78, 5) is 27.2. The topological polar surface area (TPSA) is 97.2 Å². The second-order valence-corrected chi connectivity index (χ2v) is 7.61. The molecule has 1 heterocycles. The van der Waals surface area contributed by atoms with Gasteiger partial charge in [0.25, 0.3) is 5.69 Å². The molecule has 1 amide bonds. The summed E-state index contributed by atoms with van der Waals surface area (Å²) in [5, 5.41) is 16.7. The van der Waals surface area contributed by atoms with E-state index in [-0.39, 0.29) is 11.6 Å². The standard InChI is InChI=1S/C17H16N4O3S2/c1-10(16(22)19-11-4-3-5-13(8-11)21(23)24)18-12-6-7-14-15(9-12)26-17(20-14)25-2/h3-10,18H,1-2H3,(H,19,22)/t10-/m1/s1. The predicted molar refractivity (Wildman–Crippen MR) is 106 cm³/mol. The molecule has 1 atom stereocenters. The lowest BCUT2D eigenvalue weighted by atomic mass is 10.2. The number of benzene rings is 2. The first kappa shape index (κ1) is 18.2. The van der Waals surface area contributed by atoms with Crippen molar-refractivity contribution in [2.45, 2.75) is 17.3 Å². The molecule has 2 N–H and O–H groups in total. The number of nitrogens with one attached hydrogen (secondary N) is 2. The number of nitro benzene ring substituents is 1. The van der Waals surface area contributed by atoms with Crippen molar-refractivity contribution < 1.29 is 9.72 Å². The maximum Gasteiger partial charge on any atom is 0.271 e. The summed E-state index contributed by atoms with van der Waals surface area (Å²) >= 11 is 3.20. The lowest BCUT2D eigenvalue weighted by molar-refractivity contribution is -0.384. The van der Waals surface area contributed by atoms with E-state index in [1.165, 1.54) is 18.2 Å². The highest BCUT2D eigenvalue weighted by Gasteiger charge is 2.15. The smallest absolute Gasteiger partial charge is 0.271 e. The summed E-state index contributed by atoms with van der Waals surface area (Å²) in [5.74, 6) is -0.278. The van der Waals surface area contributed by atoms with Crippen LogP contribution in [-0.2, 0) is 4.79 Å². The SMILES string of the molecule is CSc1nc2ccc(N[C@H](C)C(=O)Nc3cccc([N+](=O)[O-])c3)cc2s1. The highest BCUT2D eigenvalue weighted by molar-refractivity contribution is 8.00. The van der Waals surface area contributed by atoms with Crippen molar-refractivity contribution in [1.29, 1.82) is 0 Å². The number of aromatic nitrogens is 1. The Labute approximate surface area is 158 Å². The monoisotopic (exact) mass is 388 g/mol. The third-order valence-electron chi connectivity index (χ3n) is 3.64. The minimum atomic E-state index is -0.514. The van der Waals surface area contributed by atoms with Crippen LogP contribution in [0.25, 0.3) is 10.2 Å². The van der Waals surface area contributed by atoms with Gasteiger partial charge in [0, 0.05) is 23.5 Å². The Kier molecular flexibility index (Phi) is 5.38. The third-order valence-corrected chi connectivity index (χ3v) is 5.65. The van der Waals surface area contributed by atoms with E-state index in [1.807, 2.05) is 24.5 Å². The third kappa shape index (κ3) is 4.12. The molecule has 0 aliphatic rings. The molecule has 0 saturated carbocycles. The summed E-state index contributed by atoms with van der Waals surface area (Å²) in [6.07, 6.45) is 1.98. The zero-order valence-electron chi connectivity index (χ0n) is 14.1. The van der Waals surface area contributed by atoms with Gasteiger partial charge in [0.1, 0.15) is 6.04 Å². The first-order chi connectivity index (χ1) is 12.5. The van der Waals surface area contributed by atoms with Gasteiger partial charge in [-0.05, 0) is 37.4 Å². The Morgan fingerprint density at radius 2 is 2.08 bits per heavy atom. The van der Waals surface area contributed by atoms with Gasteiger partial charge in [-0.15, -0.1) is 11.3 Å². The second kappa shape index (κ2) is 7.71. The maximum atomic E-state index is 12.4. The van der Waals surface area contributed by atoms with Crippen molar-refractivity contribution in [3.63, 3.8) is 0 Å². The van der Waals surface area contributed by atoms with Crippen molar-refractivity contribution >= 4 is 56.3 Å². The van der Waals surface area contributed by atoms with Crippen LogP contribution in [0, 0.1) is 10.1 Å². The van der Waals surface area contributed by atoms with E-state index in [2.05, 4.69) is 15.6 Å².